The number of hydrogen-bond acceptors (Lipinski definition) is 1. The van der Waals surface area contributed by atoms with Crippen LogP contribution in [0.2, 0.25) is 0 Å². The van der Waals surface area contributed by atoms with Crippen LogP contribution in [0.25, 0.3) is 0 Å². The summed E-state index contributed by atoms with van der Waals surface area (Å²) < 4.78 is 0. The molecule has 0 unspecified atom stereocenters. The molecule has 0 aromatic carbocycles. The smallest absolute Gasteiger partial charge is 0.0751 e. The molecule has 0 saturated heterocycles. The van der Waals surface area contributed by atoms with Crippen molar-refractivity contribution in [2.45, 2.75) is 19.8 Å². The van der Waals surface area contributed by atoms with Crippen LogP contribution in [0.5, 0.6) is 0 Å². The number of allylic oxidation sites excluding steroid dienone is 3. The number of aliphatic hydroxyl groups is 1. The lowest BCUT2D eigenvalue weighted by atomic mass is 10.3. The summed E-state index contributed by atoms with van der Waals surface area (Å²) in [5, 5.41) is 8.16. The quantitative estimate of drug-likeness (QED) is 0.337. The van der Waals surface area contributed by atoms with Crippen molar-refractivity contribution in [1.82, 2.24) is 0 Å². The molecular formula is C7H12O. The average molecular weight is 112 g/mol. The second kappa shape index (κ2) is 6.28. The predicted molar refractivity (Wildman–Crippen MR) is 35.8 cm³/mol. The Morgan fingerprint density at radius 2 is 1.88 bits per heavy atom. The van der Waals surface area contributed by atoms with Crippen LogP contribution in [0.3, 0.4) is 0 Å². The van der Waals surface area contributed by atoms with E-state index in [2.05, 4.69) is 6.08 Å². The largest absolute Gasteiger partial charge is 0.516 e. The minimum Gasteiger partial charge on any atom is -0.516 e. The van der Waals surface area contributed by atoms with Crippen LogP contribution in [-0.2, 0) is 0 Å². The average Bonchev–Trinajstić information content (AvgIpc) is 1.81. The number of unbranched alkanes of at least 4 members (excludes halogenated alkanes) is 1. The first-order chi connectivity index (χ1) is 3.91. The normalized spacial score (nSPS) is 11.6. The molecular weight excluding hydrogens is 100 g/mol. The Labute approximate surface area is 50.3 Å². The van der Waals surface area contributed by atoms with Crippen molar-refractivity contribution in [3.63, 3.8) is 0 Å². The maximum Gasteiger partial charge on any atom is 0.0751 e. The molecule has 0 radical (unpaired) electrons. The summed E-state index contributed by atoms with van der Waals surface area (Å²) >= 11 is 0. The third-order valence-electron chi connectivity index (χ3n) is 0.841. The van der Waals surface area contributed by atoms with Gasteiger partial charge in [0.05, 0.1) is 6.26 Å². The van der Waals surface area contributed by atoms with Gasteiger partial charge in [0.15, 0.2) is 0 Å². The van der Waals surface area contributed by atoms with Gasteiger partial charge in [0, 0.05) is 0 Å². The third-order valence-corrected chi connectivity index (χ3v) is 0.841. The van der Waals surface area contributed by atoms with Crippen LogP contribution in [-0.4, -0.2) is 5.11 Å². The van der Waals surface area contributed by atoms with Crippen LogP contribution in [0, 0.1) is 0 Å². The molecule has 46 valence electrons. The van der Waals surface area contributed by atoms with Gasteiger partial charge < -0.3 is 5.11 Å². The van der Waals surface area contributed by atoms with Gasteiger partial charge >= 0.3 is 0 Å². The van der Waals surface area contributed by atoms with E-state index in [0.717, 1.165) is 19.1 Å². The highest BCUT2D eigenvalue weighted by Crippen LogP contribution is 1.90. The van der Waals surface area contributed by atoms with Gasteiger partial charge in [-0.3, -0.25) is 0 Å². The Bertz CT molecular complexity index is 70.4. The molecule has 0 rings (SSSR count). The van der Waals surface area contributed by atoms with E-state index in [-0.39, 0.29) is 0 Å². The van der Waals surface area contributed by atoms with Gasteiger partial charge in [-0.05, 0) is 25.8 Å². The van der Waals surface area contributed by atoms with Gasteiger partial charge in [-0.1, -0.05) is 12.2 Å². The van der Waals surface area contributed by atoms with Crippen molar-refractivity contribution < 1.29 is 5.11 Å². The van der Waals surface area contributed by atoms with Crippen molar-refractivity contribution >= 4 is 0 Å². The van der Waals surface area contributed by atoms with Crippen molar-refractivity contribution in [3.8, 4) is 0 Å². The fraction of sp³-hybridized carbons (Fsp3) is 0.429. The first kappa shape index (κ1) is 7.28. The highest BCUT2D eigenvalue weighted by atomic mass is 16.2. The summed E-state index contributed by atoms with van der Waals surface area (Å²) in [6, 6.07) is 0. The molecule has 0 aliphatic carbocycles. The van der Waals surface area contributed by atoms with Crippen LogP contribution < -0.4 is 0 Å². The summed E-state index contributed by atoms with van der Waals surface area (Å²) in [5.41, 5.74) is 0. The zero-order valence-electron chi connectivity index (χ0n) is 5.17. The lowest BCUT2D eigenvalue weighted by Gasteiger charge is -1.80. The molecule has 0 spiro atoms. The summed E-state index contributed by atoms with van der Waals surface area (Å²) in [6.07, 6.45) is 8.85. The molecule has 0 fully saturated rings. The third kappa shape index (κ3) is 5.28. The van der Waals surface area contributed by atoms with Crippen LogP contribution in [0.4, 0.5) is 0 Å². The number of rotatable bonds is 3. The fourth-order valence-corrected chi connectivity index (χ4v) is 0.434. The Morgan fingerprint density at radius 1 is 1.25 bits per heavy atom. The zero-order chi connectivity index (χ0) is 6.24. The lowest BCUT2D eigenvalue weighted by molar-refractivity contribution is 0.471. The second-order valence-corrected chi connectivity index (χ2v) is 1.53. The van der Waals surface area contributed by atoms with Gasteiger partial charge in [0.2, 0.25) is 0 Å². The molecule has 0 heterocycles. The lowest BCUT2D eigenvalue weighted by Crippen LogP contribution is -1.62. The van der Waals surface area contributed by atoms with Gasteiger partial charge in [-0.2, -0.15) is 0 Å². The Balaban J connectivity index is 2.93. The Kier molecular flexibility index (Phi) is 5.71. The van der Waals surface area contributed by atoms with Crippen LogP contribution >= 0.6 is 0 Å². The van der Waals surface area contributed by atoms with Crippen molar-refractivity contribution in [2.75, 3.05) is 0 Å². The SMILES string of the molecule is C/C=C\CC/C=C/O. The van der Waals surface area contributed by atoms with Crippen LogP contribution in [0.1, 0.15) is 19.8 Å². The van der Waals surface area contributed by atoms with E-state index >= 15 is 0 Å². The van der Waals surface area contributed by atoms with Crippen molar-refractivity contribution in [2.24, 2.45) is 0 Å². The molecule has 1 heteroatoms. The van der Waals surface area contributed by atoms with Crippen LogP contribution in [0.15, 0.2) is 24.5 Å². The van der Waals surface area contributed by atoms with Crippen molar-refractivity contribution in [1.29, 1.82) is 0 Å². The summed E-state index contributed by atoms with van der Waals surface area (Å²) in [6.45, 7) is 1.99. The number of aliphatic hydroxyl groups excluding tert-OH is 1. The fourth-order valence-electron chi connectivity index (χ4n) is 0.434. The second-order valence-electron chi connectivity index (χ2n) is 1.53. The molecule has 8 heavy (non-hydrogen) atoms. The first-order valence-corrected chi connectivity index (χ1v) is 2.82. The molecule has 0 aliphatic rings. The minimum absolute atomic E-state index is 0.931. The van der Waals surface area contributed by atoms with Crippen molar-refractivity contribution in [3.05, 3.63) is 24.5 Å². The minimum atomic E-state index is 0.931. The monoisotopic (exact) mass is 112 g/mol. The molecule has 1 nitrogen and oxygen atoms in total. The van der Waals surface area contributed by atoms with E-state index in [1.54, 1.807) is 6.08 Å². The van der Waals surface area contributed by atoms with E-state index in [1.807, 2.05) is 13.0 Å². The molecule has 0 bridgehead atoms. The van der Waals surface area contributed by atoms with E-state index in [0.29, 0.717) is 0 Å². The number of hydrogen-bond donors (Lipinski definition) is 1. The predicted octanol–water partition coefficient (Wildman–Crippen LogP) is 2.41. The topological polar surface area (TPSA) is 20.2 Å². The maximum atomic E-state index is 8.16. The molecule has 0 aliphatic heterocycles. The summed E-state index contributed by atoms with van der Waals surface area (Å²) in [5.74, 6) is 0. The van der Waals surface area contributed by atoms with E-state index in [4.69, 9.17) is 5.11 Å². The highest BCUT2D eigenvalue weighted by Gasteiger charge is 1.71. The zero-order valence-corrected chi connectivity index (χ0v) is 5.17. The van der Waals surface area contributed by atoms with Gasteiger partial charge in [-0.15, -0.1) is 0 Å². The molecule has 0 atom stereocenters. The van der Waals surface area contributed by atoms with E-state index in [9.17, 15) is 0 Å². The Hall–Kier alpha value is -0.720. The standard InChI is InChI=1S/C7H12O/c1-2-3-4-5-6-7-8/h2-3,6-8H,4-5H2,1H3/b3-2-,7-6+. The molecule has 1 N–H and O–H groups in total. The Morgan fingerprint density at radius 3 is 2.38 bits per heavy atom. The summed E-state index contributed by atoms with van der Waals surface area (Å²) in [4.78, 5) is 0. The first-order valence-electron chi connectivity index (χ1n) is 2.82. The highest BCUT2D eigenvalue weighted by molar-refractivity contribution is 4.81. The van der Waals surface area contributed by atoms with Gasteiger partial charge in [0.1, 0.15) is 0 Å². The van der Waals surface area contributed by atoms with Gasteiger partial charge in [-0.25, -0.2) is 0 Å². The van der Waals surface area contributed by atoms with Gasteiger partial charge in [0.25, 0.3) is 0 Å². The molecule has 0 amide bonds. The molecule has 0 aromatic rings. The molecule has 0 aromatic heterocycles. The van der Waals surface area contributed by atoms with E-state index < -0.39 is 0 Å². The maximum absolute atomic E-state index is 8.16. The summed E-state index contributed by atoms with van der Waals surface area (Å²) in [7, 11) is 0. The molecule has 0 saturated carbocycles. The van der Waals surface area contributed by atoms with E-state index in [1.165, 1.54) is 0 Å².